The molecule has 1 unspecified atom stereocenters. The lowest BCUT2D eigenvalue weighted by Crippen LogP contribution is -2.26. The number of aromatic nitrogens is 2. The van der Waals surface area contributed by atoms with Crippen LogP contribution >= 0.6 is 11.8 Å². The predicted octanol–water partition coefficient (Wildman–Crippen LogP) is 2.84. The van der Waals surface area contributed by atoms with Gasteiger partial charge in [0.05, 0.1) is 0 Å². The fraction of sp³-hybridized carbons (Fsp3) is 0.636. The largest absolute Gasteiger partial charge is 0.433 e. The lowest BCUT2D eigenvalue weighted by molar-refractivity contribution is -0.141. The van der Waals surface area contributed by atoms with Gasteiger partial charge in [-0.2, -0.15) is 29.9 Å². The molecular weight excluding hydrogens is 277 g/mol. The van der Waals surface area contributed by atoms with E-state index in [1.807, 2.05) is 0 Å². The number of hydrogen-bond donors (Lipinski definition) is 2. The Morgan fingerprint density at radius 3 is 2.74 bits per heavy atom. The van der Waals surface area contributed by atoms with Crippen LogP contribution in [0.25, 0.3) is 0 Å². The van der Waals surface area contributed by atoms with Gasteiger partial charge in [-0.05, 0) is 18.6 Å². The zero-order valence-corrected chi connectivity index (χ0v) is 11.2. The maximum absolute atomic E-state index is 12.7. The predicted molar refractivity (Wildman–Crippen MR) is 70.6 cm³/mol. The van der Waals surface area contributed by atoms with Crippen LogP contribution in [0.5, 0.6) is 0 Å². The highest BCUT2D eigenvalue weighted by Gasteiger charge is 2.33. The summed E-state index contributed by atoms with van der Waals surface area (Å²) in [5.41, 5.74) is -0.933. The fourth-order valence-corrected chi connectivity index (χ4v) is 2.91. The van der Waals surface area contributed by atoms with Crippen molar-refractivity contribution in [1.82, 2.24) is 9.97 Å². The van der Waals surface area contributed by atoms with E-state index in [1.165, 1.54) is 7.05 Å². The molecular formula is C11H15F3N4S. The molecule has 1 aromatic heterocycles. The van der Waals surface area contributed by atoms with Crippen molar-refractivity contribution in [2.24, 2.45) is 0 Å². The van der Waals surface area contributed by atoms with E-state index < -0.39 is 11.9 Å². The molecule has 0 aliphatic carbocycles. The van der Waals surface area contributed by atoms with Gasteiger partial charge in [0, 0.05) is 24.9 Å². The number of nitrogens with zero attached hydrogens (tertiary/aromatic N) is 2. The minimum Gasteiger partial charge on any atom is -0.366 e. The summed E-state index contributed by atoms with van der Waals surface area (Å²) in [4.78, 5) is 7.44. The van der Waals surface area contributed by atoms with Crippen molar-refractivity contribution in [3.63, 3.8) is 0 Å². The SMILES string of the molecule is CNc1nc(NC2CCCSC2)cc(C(F)(F)F)n1. The van der Waals surface area contributed by atoms with E-state index in [0.717, 1.165) is 30.4 Å². The Bertz CT molecular complexity index is 432. The topological polar surface area (TPSA) is 49.8 Å². The van der Waals surface area contributed by atoms with Gasteiger partial charge in [-0.15, -0.1) is 0 Å². The van der Waals surface area contributed by atoms with Gasteiger partial charge in [-0.25, -0.2) is 4.98 Å². The number of hydrogen-bond acceptors (Lipinski definition) is 5. The number of thioether (sulfide) groups is 1. The van der Waals surface area contributed by atoms with Crippen LogP contribution in [0.15, 0.2) is 6.07 Å². The Kier molecular flexibility index (Phi) is 4.38. The van der Waals surface area contributed by atoms with Crippen LogP contribution in [0.4, 0.5) is 24.9 Å². The highest BCUT2D eigenvalue weighted by molar-refractivity contribution is 7.99. The van der Waals surface area contributed by atoms with Crippen LogP contribution in [0.2, 0.25) is 0 Å². The zero-order valence-electron chi connectivity index (χ0n) is 10.4. The van der Waals surface area contributed by atoms with E-state index in [4.69, 9.17) is 0 Å². The highest BCUT2D eigenvalue weighted by Crippen LogP contribution is 2.30. The van der Waals surface area contributed by atoms with Crippen molar-refractivity contribution >= 4 is 23.5 Å². The molecule has 1 aliphatic rings. The molecule has 2 rings (SSSR count). The average molecular weight is 292 g/mol. The molecule has 1 saturated heterocycles. The van der Waals surface area contributed by atoms with Crippen molar-refractivity contribution in [1.29, 1.82) is 0 Å². The van der Waals surface area contributed by atoms with Crippen LogP contribution in [-0.2, 0) is 6.18 Å². The Morgan fingerprint density at radius 1 is 1.37 bits per heavy atom. The molecule has 2 heterocycles. The first-order valence-electron chi connectivity index (χ1n) is 5.97. The molecule has 8 heteroatoms. The number of anilines is 2. The molecule has 106 valence electrons. The third-order valence-corrected chi connectivity index (χ3v) is 3.97. The summed E-state index contributed by atoms with van der Waals surface area (Å²) in [5.74, 6) is 2.19. The second-order valence-corrected chi connectivity index (χ2v) is 5.42. The summed E-state index contributed by atoms with van der Waals surface area (Å²) in [5, 5.41) is 5.61. The van der Waals surface area contributed by atoms with Gasteiger partial charge in [0.25, 0.3) is 0 Å². The van der Waals surface area contributed by atoms with Crippen LogP contribution in [-0.4, -0.2) is 34.6 Å². The molecule has 0 bridgehead atoms. The van der Waals surface area contributed by atoms with E-state index in [1.54, 1.807) is 11.8 Å². The van der Waals surface area contributed by atoms with E-state index in [0.29, 0.717) is 0 Å². The van der Waals surface area contributed by atoms with Crippen molar-refractivity contribution in [2.75, 3.05) is 29.2 Å². The molecule has 0 amide bonds. The number of alkyl halides is 3. The molecule has 1 aliphatic heterocycles. The lowest BCUT2D eigenvalue weighted by atomic mass is 10.2. The van der Waals surface area contributed by atoms with Crippen molar-refractivity contribution < 1.29 is 13.2 Å². The number of rotatable bonds is 3. The molecule has 0 aromatic carbocycles. The second kappa shape index (κ2) is 5.85. The zero-order chi connectivity index (χ0) is 13.9. The van der Waals surface area contributed by atoms with Crippen LogP contribution in [0.1, 0.15) is 18.5 Å². The van der Waals surface area contributed by atoms with Crippen molar-refractivity contribution in [3.05, 3.63) is 11.8 Å². The molecule has 0 radical (unpaired) electrons. The maximum atomic E-state index is 12.7. The second-order valence-electron chi connectivity index (χ2n) is 4.27. The number of halogens is 3. The van der Waals surface area contributed by atoms with Crippen molar-refractivity contribution in [3.8, 4) is 0 Å². The number of nitrogens with one attached hydrogen (secondary N) is 2. The van der Waals surface area contributed by atoms with Crippen molar-refractivity contribution in [2.45, 2.75) is 25.1 Å². The summed E-state index contributed by atoms with van der Waals surface area (Å²) in [6.45, 7) is 0. The smallest absolute Gasteiger partial charge is 0.366 e. The summed E-state index contributed by atoms with van der Waals surface area (Å²) in [6, 6.07) is 1.12. The first-order chi connectivity index (χ1) is 8.99. The summed E-state index contributed by atoms with van der Waals surface area (Å²) >= 11 is 1.80. The third kappa shape index (κ3) is 3.89. The Labute approximate surface area is 113 Å². The van der Waals surface area contributed by atoms with E-state index >= 15 is 0 Å². The molecule has 0 spiro atoms. The van der Waals surface area contributed by atoms with Gasteiger partial charge in [-0.1, -0.05) is 0 Å². The fourth-order valence-electron chi connectivity index (χ4n) is 1.84. The first-order valence-corrected chi connectivity index (χ1v) is 7.13. The summed E-state index contributed by atoms with van der Waals surface area (Å²) in [6.07, 6.45) is -2.45. The Hall–Kier alpha value is -1.18. The molecule has 1 atom stereocenters. The molecule has 19 heavy (non-hydrogen) atoms. The monoisotopic (exact) mass is 292 g/mol. The van der Waals surface area contributed by atoms with E-state index in [2.05, 4.69) is 20.6 Å². The molecule has 4 nitrogen and oxygen atoms in total. The normalized spacial score (nSPS) is 20.1. The molecule has 2 N–H and O–H groups in total. The van der Waals surface area contributed by atoms with Crippen LogP contribution < -0.4 is 10.6 Å². The van der Waals surface area contributed by atoms with Gasteiger partial charge < -0.3 is 10.6 Å². The summed E-state index contributed by atoms with van der Waals surface area (Å²) < 4.78 is 38.1. The van der Waals surface area contributed by atoms with Crippen LogP contribution in [0, 0.1) is 0 Å². The summed E-state index contributed by atoms with van der Waals surface area (Å²) in [7, 11) is 1.50. The third-order valence-electron chi connectivity index (χ3n) is 2.75. The average Bonchev–Trinajstić information content (AvgIpc) is 2.38. The van der Waals surface area contributed by atoms with Gasteiger partial charge in [0.15, 0.2) is 5.69 Å². The quantitative estimate of drug-likeness (QED) is 0.897. The first kappa shape index (κ1) is 14.2. The Balaban J connectivity index is 2.19. The van der Waals surface area contributed by atoms with Gasteiger partial charge in [0.1, 0.15) is 5.82 Å². The van der Waals surface area contributed by atoms with Crippen LogP contribution in [0.3, 0.4) is 0 Å². The molecule has 1 fully saturated rings. The standard InChI is InChI=1S/C11H15F3N4S/c1-15-10-17-8(11(12,13)14)5-9(18-10)16-7-3-2-4-19-6-7/h5,7H,2-4,6H2,1H3,(H2,15,16,17,18). The minimum atomic E-state index is -4.47. The minimum absolute atomic E-state index is 0.0270. The lowest BCUT2D eigenvalue weighted by Gasteiger charge is -2.23. The molecule has 1 aromatic rings. The molecule has 0 saturated carbocycles. The van der Waals surface area contributed by atoms with E-state index in [9.17, 15) is 13.2 Å². The Morgan fingerprint density at radius 2 is 2.16 bits per heavy atom. The van der Waals surface area contributed by atoms with E-state index in [-0.39, 0.29) is 17.8 Å². The van der Waals surface area contributed by atoms with Gasteiger partial charge >= 0.3 is 6.18 Å². The van der Waals surface area contributed by atoms with Gasteiger partial charge in [0.2, 0.25) is 5.95 Å². The van der Waals surface area contributed by atoms with Gasteiger partial charge in [-0.3, -0.25) is 0 Å². The highest BCUT2D eigenvalue weighted by atomic mass is 32.2. The maximum Gasteiger partial charge on any atom is 0.433 e.